The SMILES string of the molecule is CCNCc1nnc(-c2ccnc(C)c2)s1. The van der Waals surface area contributed by atoms with E-state index in [2.05, 4.69) is 27.4 Å². The van der Waals surface area contributed by atoms with Gasteiger partial charge in [0.15, 0.2) is 0 Å². The molecular weight excluding hydrogens is 220 g/mol. The number of hydrogen-bond acceptors (Lipinski definition) is 5. The fourth-order valence-corrected chi connectivity index (χ4v) is 2.16. The minimum absolute atomic E-state index is 0.790. The first-order valence-electron chi connectivity index (χ1n) is 5.25. The van der Waals surface area contributed by atoms with E-state index < -0.39 is 0 Å². The maximum atomic E-state index is 4.18. The van der Waals surface area contributed by atoms with Gasteiger partial charge < -0.3 is 5.32 Å². The van der Waals surface area contributed by atoms with Gasteiger partial charge in [-0.3, -0.25) is 4.98 Å². The average molecular weight is 234 g/mol. The minimum Gasteiger partial charge on any atom is -0.311 e. The van der Waals surface area contributed by atoms with E-state index in [9.17, 15) is 0 Å². The molecule has 2 heterocycles. The molecule has 2 aromatic heterocycles. The Morgan fingerprint density at radius 3 is 3.00 bits per heavy atom. The third-order valence-corrected chi connectivity index (χ3v) is 3.11. The molecule has 0 aliphatic heterocycles. The molecule has 2 rings (SSSR count). The van der Waals surface area contributed by atoms with Gasteiger partial charge in [-0.25, -0.2) is 0 Å². The summed E-state index contributed by atoms with van der Waals surface area (Å²) in [7, 11) is 0. The van der Waals surface area contributed by atoms with E-state index in [-0.39, 0.29) is 0 Å². The van der Waals surface area contributed by atoms with Crippen molar-refractivity contribution in [1.29, 1.82) is 0 Å². The molecule has 0 bridgehead atoms. The molecular formula is C11H14N4S. The molecule has 0 aliphatic carbocycles. The fourth-order valence-electron chi connectivity index (χ4n) is 1.35. The van der Waals surface area contributed by atoms with E-state index >= 15 is 0 Å². The average Bonchev–Trinajstić information content (AvgIpc) is 2.75. The highest BCUT2D eigenvalue weighted by molar-refractivity contribution is 7.14. The van der Waals surface area contributed by atoms with E-state index in [0.29, 0.717) is 0 Å². The number of aryl methyl sites for hydroxylation is 1. The van der Waals surface area contributed by atoms with Crippen LogP contribution >= 0.6 is 11.3 Å². The van der Waals surface area contributed by atoms with Crippen molar-refractivity contribution in [1.82, 2.24) is 20.5 Å². The van der Waals surface area contributed by atoms with E-state index in [1.165, 1.54) is 0 Å². The summed E-state index contributed by atoms with van der Waals surface area (Å²) >= 11 is 1.62. The Kier molecular flexibility index (Phi) is 3.58. The Labute approximate surface area is 98.8 Å². The lowest BCUT2D eigenvalue weighted by Gasteiger charge is -1.96. The zero-order valence-electron chi connectivity index (χ0n) is 9.40. The molecule has 16 heavy (non-hydrogen) atoms. The van der Waals surface area contributed by atoms with Crippen LogP contribution in [-0.4, -0.2) is 21.7 Å². The predicted molar refractivity (Wildman–Crippen MR) is 65.3 cm³/mol. The molecule has 0 saturated heterocycles. The zero-order valence-corrected chi connectivity index (χ0v) is 10.2. The molecule has 0 atom stereocenters. The van der Waals surface area contributed by atoms with Gasteiger partial charge in [0.2, 0.25) is 0 Å². The van der Waals surface area contributed by atoms with Gasteiger partial charge in [0.1, 0.15) is 10.0 Å². The number of nitrogens with zero attached hydrogens (tertiary/aromatic N) is 3. The first kappa shape index (κ1) is 11.2. The van der Waals surface area contributed by atoms with Crippen LogP contribution in [0.15, 0.2) is 18.3 Å². The molecule has 4 nitrogen and oxygen atoms in total. The standard InChI is InChI=1S/C11H14N4S/c1-3-12-7-10-14-15-11(16-10)9-4-5-13-8(2)6-9/h4-6,12H,3,7H2,1-2H3. The van der Waals surface area contributed by atoms with Crippen LogP contribution in [-0.2, 0) is 6.54 Å². The van der Waals surface area contributed by atoms with E-state index in [4.69, 9.17) is 0 Å². The van der Waals surface area contributed by atoms with Crippen LogP contribution in [0.4, 0.5) is 0 Å². The molecule has 0 fully saturated rings. The molecule has 2 aromatic rings. The lowest BCUT2D eigenvalue weighted by molar-refractivity contribution is 0.715. The van der Waals surface area contributed by atoms with Crippen molar-refractivity contribution in [2.45, 2.75) is 20.4 Å². The molecule has 0 spiro atoms. The largest absolute Gasteiger partial charge is 0.311 e. The molecule has 0 unspecified atom stereocenters. The number of aromatic nitrogens is 3. The Hall–Kier alpha value is -1.33. The molecule has 0 aromatic carbocycles. The molecule has 5 heteroatoms. The van der Waals surface area contributed by atoms with Gasteiger partial charge >= 0.3 is 0 Å². The number of hydrogen-bond donors (Lipinski definition) is 1. The summed E-state index contributed by atoms with van der Waals surface area (Å²) in [6.45, 7) is 5.79. The molecule has 0 aliphatic rings. The van der Waals surface area contributed by atoms with Gasteiger partial charge in [-0.15, -0.1) is 10.2 Å². The van der Waals surface area contributed by atoms with Crippen LogP contribution in [0.1, 0.15) is 17.6 Å². The van der Waals surface area contributed by atoms with Crippen LogP contribution in [0.25, 0.3) is 10.6 Å². The summed E-state index contributed by atoms with van der Waals surface area (Å²) in [5.74, 6) is 0. The highest BCUT2D eigenvalue weighted by atomic mass is 32.1. The van der Waals surface area contributed by atoms with E-state index in [1.54, 1.807) is 17.5 Å². The Morgan fingerprint density at radius 2 is 2.25 bits per heavy atom. The molecule has 0 amide bonds. The molecule has 0 saturated carbocycles. The van der Waals surface area contributed by atoms with Gasteiger partial charge in [0, 0.05) is 24.0 Å². The summed E-state index contributed by atoms with van der Waals surface area (Å²) in [5.41, 5.74) is 2.09. The van der Waals surface area contributed by atoms with Crippen molar-refractivity contribution < 1.29 is 0 Å². The summed E-state index contributed by atoms with van der Waals surface area (Å²) in [6, 6.07) is 3.99. The summed E-state index contributed by atoms with van der Waals surface area (Å²) in [4.78, 5) is 4.17. The van der Waals surface area contributed by atoms with Crippen molar-refractivity contribution in [2.24, 2.45) is 0 Å². The summed E-state index contributed by atoms with van der Waals surface area (Å²) < 4.78 is 0. The van der Waals surface area contributed by atoms with Crippen molar-refractivity contribution in [3.05, 3.63) is 29.0 Å². The maximum Gasteiger partial charge on any atom is 0.147 e. The number of pyridine rings is 1. The quantitative estimate of drug-likeness (QED) is 0.879. The lowest BCUT2D eigenvalue weighted by atomic mass is 10.2. The Balaban J connectivity index is 2.18. The minimum atomic E-state index is 0.790. The highest BCUT2D eigenvalue weighted by Gasteiger charge is 2.06. The van der Waals surface area contributed by atoms with Gasteiger partial charge in [-0.05, 0) is 25.6 Å². The summed E-state index contributed by atoms with van der Waals surface area (Å²) in [5, 5.41) is 13.5. The number of rotatable bonds is 4. The van der Waals surface area contributed by atoms with Crippen molar-refractivity contribution in [3.8, 4) is 10.6 Å². The zero-order chi connectivity index (χ0) is 11.4. The van der Waals surface area contributed by atoms with Crippen LogP contribution in [0.3, 0.4) is 0 Å². The molecule has 84 valence electrons. The monoisotopic (exact) mass is 234 g/mol. The predicted octanol–water partition coefficient (Wildman–Crippen LogP) is 2.02. The molecule has 1 N–H and O–H groups in total. The van der Waals surface area contributed by atoms with Crippen molar-refractivity contribution in [2.75, 3.05) is 6.54 Å². The smallest absolute Gasteiger partial charge is 0.147 e. The van der Waals surface area contributed by atoms with Gasteiger partial charge in [-0.2, -0.15) is 0 Å². The van der Waals surface area contributed by atoms with Gasteiger partial charge in [0.25, 0.3) is 0 Å². The van der Waals surface area contributed by atoms with Crippen molar-refractivity contribution in [3.63, 3.8) is 0 Å². The highest BCUT2D eigenvalue weighted by Crippen LogP contribution is 2.23. The third-order valence-electron chi connectivity index (χ3n) is 2.14. The number of nitrogens with one attached hydrogen (secondary N) is 1. The molecule has 0 radical (unpaired) electrons. The van der Waals surface area contributed by atoms with Crippen LogP contribution < -0.4 is 5.32 Å². The van der Waals surface area contributed by atoms with Crippen LogP contribution in [0, 0.1) is 6.92 Å². The second-order valence-corrected chi connectivity index (χ2v) is 4.53. The van der Waals surface area contributed by atoms with E-state index in [0.717, 1.165) is 34.4 Å². The fraction of sp³-hybridized carbons (Fsp3) is 0.364. The second-order valence-electron chi connectivity index (χ2n) is 3.47. The van der Waals surface area contributed by atoms with E-state index in [1.807, 2.05) is 19.1 Å². The maximum absolute atomic E-state index is 4.18. The topological polar surface area (TPSA) is 50.7 Å². The Bertz CT molecular complexity index is 467. The summed E-state index contributed by atoms with van der Waals surface area (Å²) in [6.07, 6.45) is 1.80. The van der Waals surface area contributed by atoms with Crippen LogP contribution in [0.5, 0.6) is 0 Å². The first-order valence-corrected chi connectivity index (χ1v) is 6.07. The Morgan fingerprint density at radius 1 is 1.38 bits per heavy atom. The van der Waals surface area contributed by atoms with Gasteiger partial charge in [0.05, 0.1) is 0 Å². The van der Waals surface area contributed by atoms with Crippen LogP contribution in [0.2, 0.25) is 0 Å². The first-order chi connectivity index (χ1) is 7.79. The normalized spacial score (nSPS) is 10.6. The van der Waals surface area contributed by atoms with Gasteiger partial charge in [-0.1, -0.05) is 18.3 Å². The lowest BCUT2D eigenvalue weighted by Crippen LogP contribution is -2.11. The third kappa shape index (κ3) is 2.62. The second kappa shape index (κ2) is 5.14. The van der Waals surface area contributed by atoms with Crippen molar-refractivity contribution >= 4 is 11.3 Å².